The van der Waals surface area contributed by atoms with Gasteiger partial charge < -0.3 is 20.3 Å². The molecule has 1 unspecified atom stereocenters. The fourth-order valence-corrected chi connectivity index (χ4v) is 4.83. The van der Waals surface area contributed by atoms with Gasteiger partial charge in [0, 0.05) is 37.8 Å². The number of nitrogens with one attached hydrogen (secondary N) is 2. The van der Waals surface area contributed by atoms with Gasteiger partial charge in [-0.2, -0.15) is 5.10 Å². The number of aryl methyl sites for hydroxylation is 1. The average molecular weight is 459 g/mol. The molecule has 4 heterocycles. The maximum Gasteiger partial charge on any atom is 0.407 e. The molecule has 31 heavy (non-hydrogen) atoms. The molecule has 0 aromatic carbocycles. The first kappa shape index (κ1) is 21.5. The van der Waals surface area contributed by atoms with Crippen LogP contribution < -0.4 is 10.6 Å². The van der Waals surface area contributed by atoms with Gasteiger partial charge in [-0.1, -0.05) is 0 Å². The van der Waals surface area contributed by atoms with E-state index >= 15 is 0 Å². The summed E-state index contributed by atoms with van der Waals surface area (Å²) in [4.78, 5) is 20.2. The van der Waals surface area contributed by atoms with Crippen molar-refractivity contribution in [1.82, 2.24) is 25.3 Å². The van der Waals surface area contributed by atoms with Gasteiger partial charge in [0.2, 0.25) is 0 Å². The van der Waals surface area contributed by atoms with E-state index in [0.717, 1.165) is 32.4 Å². The van der Waals surface area contributed by atoms with E-state index in [9.17, 15) is 4.79 Å². The number of aliphatic imine (C=N–C) groups is 1. The Bertz CT molecular complexity index is 1080. The molecule has 2 N–H and O–H groups in total. The Hall–Kier alpha value is -2.72. The number of hydrogen-bond donors (Lipinski definition) is 2. The van der Waals surface area contributed by atoms with E-state index in [1.807, 2.05) is 64.1 Å². The second kappa shape index (κ2) is 8.43. The largest absolute Gasteiger partial charge is 0.444 e. The molecule has 0 saturated carbocycles. The lowest BCUT2D eigenvalue weighted by Gasteiger charge is -2.30. The SMILES string of the molecule is CSC1=NC(c2sccc2CNC(=O)OC(C)(C)C)=CN2C(c3cnn(C)c3)=CNC12. The Labute approximate surface area is 190 Å². The van der Waals surface area contributed by atoms with Crippen molar-refractivity contribution in [2.75, 3.05) is 6.26 Å². The van der Waals surface area contributed by atoms with Gasteiger partial charge in [-0.25, -0.2) is 9.79 Å². The van der Waals surface area contributed by atoms with Crippen molar-refractivity contribution in [1.29, 1.82) is 0 Å². The predicted octanol–water partition coefficient (Wildman–Crippen LogP) is 3.81. The van der Waals surface area contributed by atoms with Gasteiger partial charge in [0.15, 0.2) is 6.17 Å². The van der Waals surface area contributed by atoms with Crippen LogP contribution in [0.25, 0.3) is 11.4 Å². The molecular formula is C21H26N6O2S2. The van der Waals surface area contributed by atoms with Crippen LogP contribution in [0.3, 0.4) is 0 Å². The number of fused-ring (bicyclic) bond motifs is 1. The summed E-state index contributed by atoms with van der Waals surface area (Å²) in [7, 11) is 1.91. The van der Waals surface area contributed by atoms with Crippen LogP contribution in [0, 0.1) is 0 Å². The summed E-state index contributed by atoms with van der Waals surface area (Å²) >= 11 is 3.23. The highest BCUT2D eigenvalue weighted by atomic mass is 32.2. The summed E-state index contributed by atoms with van der Waals surface area (Å²) in [6, 6.07) is 2.01. The van der Waals surface area contributed by atoms with Crippen molar-refractivity contribution in [2.45, 2.75) is 39.1 Å². The molecule has 2 aromatic rings. The van der Waals surface area contributed by atoms with Crippen molar-refractivity contribution in [3.05, 3.63) is 52.2 Å². The van der Waals surface area contributed by atoms with E-state index in [-0.39, 0.29) is 6.17 Å². The maximum absolute atomic E-state index is 12.1. The van der Waals surface area contributed by atoms with Gasteiger partial charge >= 0.3 is 6.09 Å². The molecule has 0 saturated heterocycles. The summed E-state index contributed by atoms with van der Waals surface area (Å²) in [6.45, 7) is 5.92. The van der Waals surface area contributed by atoms with Gasteiger partial charge in [-0.15, -0.1) is 23.1 Å². The minimum absolute atomic E-state index is 0.0303. The Morgan fingerprint density at radius 1 is 1.42 bits per heavy atom. The molecule has 1 amide bonds. The third kappa shape index (κ3) is 4.64. The zero-order valence-corrected chi connectivity index (χ0v) is 19.8. The fraction of sp³-hybridized carbons (Fsp3) is 0.381. The Kier molecular flexibility index (Phi) is 5.85. The zero-order chi connectivity index (χ0) is 22.2. The van der Waals surface area contributed by atoms with E-state index in [4.69, 9.17) is 9.73 Å². The summed E-state index contributed by atoms with van der Waals surface area (Å²) < 4.78 is 7.15. The zero-order valence-electron chi connectivity index (χ0n) is 18.2. The van der Waals surface area contributed by atoms with E-state index in [1.54, 1.807) is 27.8 Å². The molecule has 164 valence electrons. The second-order valence-electron chi connectivity index (χ2n) is 8.21. The number of alkyl carbamates (subject to hydrolysis) is 1. The van der Waals surface area contributed by atoms with Crippen LogP contribution in [0.15, 0.2) is 41.2 Å². The molecule has 2 aromatic heterocycles. The lowest BCUT2D eigenvalue weighted by Crippen LogP contribution is -2.41. The van der Waals surface area contributed by atoms with Crippen molar-refractivity contribution < 1.29 is 9.53 Å². The predicted molar refractivity (Wildman–Crippen MR) is 126 cm³/mol. The number of carbonyl (C=O) groups excluding carboxylic acids is 1. The highest BCUT2D eigenvalue weighted by molar-refractivity contribution is 8.13. The van der Waals surface area contributed by atoms with E-state index in [1.165, 1.54) is 0 Å². The molecule has 0 radical (unpaired) electrons. The lowest BCUT2D eigenvalue weighted by molar-refractivity contribution is 0.0523. The quantitative estimate of drug-likeness (QED) is 0.725. The number of thioether (sulfide) groups is 1. The highest BCUT2D eigenvalue weighted by Gasteiger charge is 2.33. The molecule has 0 aliphatic carbocycles. The van der Waals surface area contributed by atoms with Gasteiger partial charge in [0.1, 0.15) is 10.6 Å². The monoisotopic (exact) mass is 458 g/mol. The summed E-state index contributed by atoms with van der Waals surface area (Å²) in [5, 5.41) is 13.6. The second-order valence-corrected chi connectivity index (χ2v) is 9.95. The number of ether oxygens (including phenoxy) is 1. The van der Waals surface area contributed by atoms with E-state index in [0.29, 0.717) is 6.54 Å². The van der Waals surface area contributed by atoms with Crippen LogP contribution in [0.1, 0.15) is 36.8 Å². The average Bonchev–Trinajstić information content (AvgIpc) is 3.43. The Morgan fingerprint density at radius 3 is 2.90 bits per heavy atom. The lowest BCUT2D eigenvalue weighted by atomic mass is 10.2. The van der Waals surface area contributed by atoms with Gasteiger partial charge in [-0.3, -0.25) is 4.68 Å². The standard InChI is InChI=1S/C21H26N6O2S2/c1-21(2,3)29-20(28)23-8-13-6-7-31-17(13)15-12-27-16(14-9-24-26(4)11-14)10-22-18(27)19(25-15)30-5/h6-7,9-12,18,22H,8H2,1-5H3,(H,23,28). The molecule has 1 atom stereocenters. The fourth-order valence-electron chi connectivity index (χ4n) is 3.36. The van der Waals surface area contributed by atoms with Crippen LogP contribution >= 0.6 is 23.1 Å². The van der Waals surface area contributed by atoms with Crippen molar-refractivity contribution in [3.63, 3.8) is 0 Å². The molecule has 8 nitrogen and oxygen atoms in total. The van der Waals surface area contributed by atoms with E-state index in [2.05, 4.69) is 26.8 Å². The number of amides is 1. The van der Waals surface area contributed by atoms with E-state index < -0.39 is 11.7 Å². The summed E-state index contributed by atoms with van der Waals surface area (Å²) in [5.74, 6) is 0. The summed E-state index contributed by atoms with van der Waals surface area (Å²) in [6.07, 6.45) is 9.49. The maximum atomic E-state index is 12.1. The van der Waals surface area contributed by atoms with Gasteiger partial charge in [0.05, 0.1) is 22.5 Å². The minimum atomic E-state index is -0.530. The Morgan fingerprint density at radius 2 is 2.23 bits per heavy atom. The topological polar surface area (TPSA) is 83.8 Å². The molecular weight excluding hydrogens is 432 g/mol. The van der Waals surface area contributed by atoms with Crippen molar-refractivity contribution in [2.24, 2.45) is 12.0 Å². The number of rotatable bonds is 4. The minimum Gasteiger partial charge on any atom is -0.444 e. The normalized spacial score (nSPS) is 18.0. The molecule has 0 spiro atoms. The highest BCUT2D eigenvalue weighted by Crippen LogP contribution is 2.36. The molecule has 10 heteroatoms. The van der Waals surface area contributed by atoms with Crippen LogP contribution in [-0.4, -0.2) is 43.8 Å². The van der Waals surface area contributed by atoms with Crippen LogP contribution in [0.2, 0.25) is 0 Å². The Balaban J connectivity index is 1.58. The molecule has 2 aliphatic rings. The number of hydrogen-bond acceptors (Lipinski definition) is 8. The third-order valence-corrected chi connectivity index (χ3v) is 6.38. The summed E-state index contributed by atoms with van der Waals surface area (Å²) in [5.41, 5.74) is 3.42. The first-order valence-corrected chi connectivity index (χ1v) is 12.0. The third-order valence-electron chi connectivity index (χ3n) is 4.67. The smallest absolute Gasteiger partial charge is 0.407 e. The number of nitrogens with zero attached hydrogens (tertiary/aromatic N) is 4. The van der Waals surface area contributed by atoms with Gasteiger partial charge in [0.25, 0.3) is 0 Å². The molecule has 0 fully saturated rings. The van der Waals surface area contributed by atoms with Crippen molar-refractivity contribution >= 4 is 45.6 Å². The number of carbonyl (C=O) groups is 1. The number of aromatic nitrogens is 2. The first-order chi connectivity index (χ1) is 14.7. The first-order valence-electron chi connectivity index (χ1n) is 9.87. The van der Waals surface area contributed by atoms with Crippen molar-refractivity contribution in [3.8, 4) is 0 Å². The van der Waals surface area contributed by atoms with Crippen LogP contribution in [0.5, 0.6) is 0 Å². The molecule has 4 rings (SSSR count). The molecule has 2 aliphatic heterocycles. The number of thiophene rings is 1. The molecule has 0 bridgehead atoms. The van der Waals surface area contributed by atoms with Gasteiger partial charge in [-0.05, 0) is 44.0 Å². The van der Waals surface area contributed by atoms with Crippen LogP contribution in [0.4, 0.5) is 4.79 Å². The van der Waals surface area contributed by atoms with Crippen LogP contribution in [-0.2, 0) is 18.3 Å².